The summed E-state index contributed by atoms with van der Waals surface area (Å²) in [6, 6.07) is 15.0. The van der Waals surface area contributed by atoms with E-state index in [-0.39, 0.29) is 10.6 Å². The number of nitrogens with zero attached hydrogens (tertiary/aromatic N) is 3. The van der Waals surface area contributed by atoms with Crippen LogP contribution in [-0.4, -0.2) is 36.6 Å². The molecule has 4 aromatic rings. The topological polar surface area (TPSA) is 66.2 Å². The van der Waals surface area contributed by atoms with Gasteiger partial charge in [0.1, 0.15) is 17.3 Å². The summed E-state index contributed by atoms with van der Waals surface area (Å²) < 4.78 is 45.1. The van der Waals surface area contributed by atoms with Gasteiger partial charge in [0.2, 0.25) is 5.95 Å². The highest BCUT2D eigenvalue weighted by Crippen LogP contribution is 2.36. The minimum Gasteiger partial charge on any atom is -0.460 e. The predicted molar refractivity (Wildman–Crippen MR) is 149 cm³/mol. The van der Waals surface area contributed by atoms with Crippen molar-refractivity contribution < 1.29 is 17.6 Å². The minimum atomic E-state index is -4.44. The largest absolute Gasteiger partial charge is 0.460 e. The van der Waals surface area contributed by atoms with E-state index in [9.17, 15) is 13.2 Å². The number of halogens is 4. The number of hydrogen-bond donors (Lipinski definition) is 2. The predicted octanol–water partition coefficient (Wildman–Crippen LogP) is 7.39. The third-order valence-electron chi connectivity index (χ3n) is 7.14. The first-order valence-electron chi connectivity index (χ1n) is 13.0. The molecule has 0 aliphatic heterocycles. The third kappa shape index (κ3) is 6.47. The van der Waals surface area contributed by atoms with E-state index in [4.69, 9.17) is 26.0 Å². The number of alkyl halides is 3. The average molecular weight is 558 g/mol. The molecule has 1 fully saturated rings. The van der Waals surface area contributed by atoms with E-state index in [1.54, 1.807) is 12.1 Å². The van der Waals surface area contributed by atoms with Gasteiger partial charge in [0.05, 0.1) is 22.6 Å². The van der Waals surface area contributed by atoms with Gasteiger partial charge in [0.15, 0.2) is 0 Å². The lowest BCUT2D eigenvalue weighted by Crippen LogP contribution is -2.31. The zero-order valence-corrected chi connectivity index (χ0v) is 22.6. The van der Waals surface area contributed by atoms with Crippen molar-refractivity contribution >= 4 is 34.3 Å². The molecule has 0 saturated heterocycles. The van der Waals surface area contributed by atoms with E-state index in [0.717, 1.165) is 61.1 Å². The van der Waals surface area contributed by atoms with Crippen LogP contribution in [0, 0.1) is 5.92 Å². The Labute approximate surface area is 230 Å². The molecule has 0 bridgehead atoms. The van der Waals surface area contributed by atoms with E-state index in [1.807, 2.05) is 43.3 Å². The highest BCUT2D eigenvalue weighted by molar-refractivity contribution is 6.33. The normalized spacial score (nSPS) is 17.9. The van der Waals surface area contributed by atoms with Crippen molar-refractivity contribution in [3.63, 3.8) is 0 Å². The van der Waals surface area contributed by atoms with Crippen molar-refractivity contribution in [1.29, 1.82) is 0 Å². The van der Waals surface area contributed by atoms with E-state index < -0.39 is 11.7 Å². The Morgan fingerprint density at radius 2 is 1.77 bits per heavy atom. The molecule has 39 heavy (non-hydrogen) atoms. The summed E-state index contributed by atoms with van der Waals surface area (Å²) in [5, 5.41) is 8.22. The summed E-state index contributed by atoms with van der Waals surface area (Å²) in [5.41, 5.74) is 0.401. The Balaban J connectivity index is 1.12. The monoisotopic (exact) mass is 557 g/mol. The zero-order valence-electron chi connectivity index (χ0n) is 21.9. The Hall–Kier alpha value is -3.30. The maximum atomic E-state index is 13.1. The first kappa shape index (κ1) is 27.3. The van der Waals surface area contributed by atoms with Crippen molar-refractivity contribution in [2.45, 2.75) is 44.4 Å². The number of furan rings is 1. The van der Waals surface area contributed by atoms with Crippen LogP contribution in [0.5, 0.6) is 0 Å². The molecule has 6 nitrogen and oxygen atoms in total. The summed E-state index contributed by atoms with van der Waals surface area (Å²) in [6.07, 6.45) is -0.246. The Kier molecular flexibility index (Phi) is 8.00. The summed E-state index contributed by atoms with van der Waals surface area (Å²) in [7, 11) is 3.97. The number of hydrogen-bond acceptors (Lipinski definition) is 6. The zero-order chi connectivity index (χ0) is 27.6. The molecular weight excluding hydrogens is 527 g/mol. The molecule has 0 spiro atoms. The van der Waals surface area contributed by atoms with E-state index >= 15 is 0 Å². The number of rotatable bonds is 8. The fourth-order valence-electron chi connectivity index (χ4n) is 5.07. The molecule has 10 heteroatoms. The third-order valence-corrected chi connectivity index (χ3v) is 7.47. The molecule has 0 radical (unpaired) electrons. The molecule has 2 aromatic heterocycles. The van der Waals surface area contributed by atoms with Crippen LogP contribution in [0.3, 0.4) is 0 Å². The minimum absolute atomic E-state index is 0.217. The van der Waals surface area contributed by atoms with Gasteiger partial charge in [0.25, 0.3) is 0 Å². The molecule has 0 atom stereocenters. The number of anilines is 2. The van der Waals surface area contributed by atoms with Gasteiger partial charge in [-0.3, -0.25) is 0 Å². The van der Waals surface area contributed by atoms with Gasteiger partial charge in [-0.1, -0.05) is 23.7 Å². The summed E-state index contributed by atoms with van der Waals surface area (Å²) in [6.45, 7) is 1.33. The second-order valence-electron chi connectivity index (χ2n) is 10.2. The van der Waals surface area contributed by atoms with E-state index in [0.29, 0.717) is 36.0 Å². The van der Waals surface area contributed by atoms with Crippen molar-refractivity contribution in [2.75, 3.05) is 30.9 Å². The molecule has 2 aromatic carbocycles. The molecule has 0 unspecified atom stereocenters. The molecular formula is C29H31ClF3N5O. The van der Waals surface area contributed by atoms with Crippen molar-refractivity contribution in [2.24, 2.45) is 5.92 Å². The molecule has 1 aliphatic carbocycles. The van der Waals surface area contributed by atoms with Gasteiger partial charge in [-0.05, 0) is 80.6 Å². The maximum absolute atomic E-state index is 13.1. The standard InChI is InChI=1S/C29H31ClF3N5O/c1-38(2)27-22-5-3-4-6-25(22)36-28(37-27)35-20-10-7-18(8-11-20)16-34-17-21-12-14-26(39-21)23-15-19(29(31,32)33)9-13-24(23)30/h3-6,9,12-15,18,20,34H,7-8,10-11,16-17H2,1-2H3,(H,35,36,37). The van der Waals surface area contributed by atoms with Crippen LogP contribution in [0.2, 0.25) is 5.02 Å². The second-order valence-corrected chi connectivity index (χ2v) is 10.6. The first-order chi connectivity index (χ1) is 18.7. The maximum Gasteiger partial charge on any atom is 0.416 e. The molecule has 5 rings (SSSR count). The Morgan fingerprint density at radius 1 is 1.00 bits per heavy atom. The molecule has 1 aliphatic rings. The Morgan fingerprint density at radius 3 is 2.51 bits per heavy atom. The fraction of sp³-hybridized carbons (Fsp3) is 0.379. The van der Waals surface area contributed by atoms with Crippen LogP contribution in [0.1, 0.15) is 37.0 Å². The van der Waals surface area contributed by atoms with E-state index in [2.05, 4.69) is 10.6 Å². The van der Waals surface area contributed by atoms with Crippen molar-refractivity contribution in [3.8, 4) is 11.3 Å². The van der Waals surface area contributed by atoms with Crippen LogP contribution in [-0.2, 0) is 12.7 Å². The molecule has 206 valence electrons. The summed E-state index contributed by atoms with van der Waals surface area (Å²) in [5.74, 6) is 3.07. The fourth-order valence-corrected chi connectivity index (χ4v) is 5.28. The van der Waals surface area contributed by atoms with Gasteiger partial charge in [0, 0.05) is 31.1 Å². The van der Waals surface area contributed by atoms with Crippen LogP contribution in [0.25, 0.3) is 22.2 Å². The summed E-state index contributed by atoms with van der Waals surface area (Å²) in [4.78, 5) is 11.5. The highest BCUT2D eigenvalue weighted by Gasteiger charge is 2.31. The van der Waals surface area contributed by atoms with Crippen LogP contribution < -0.4 is 15.5 Å². The van der Waals surface area contributed by atoms with Crippen molar-refractivity contribution in [1.82, 2.24) is 15.3 Å². The SMILES string of the molecule is CN(C)c1nc(NC2CCC(CNCc3ccc(-c4cc(C(F)(F)F)ccc4Cl)o3)CC2)nc2ccccc12. The van der Waals surface area contributed by atoms with Gasteiger partial charge >= 0.3 is 6.18 Å². The lowest BCUT2D eigenvalue weighted by molar-refractivity contribution is -0.137. The molecule has 2 heterocycles. The Bertz CT molecular complexity index is 1430. The van der Waals surface area contributed by atoms with Gasteiger partial charge in [-0.15, -0.1) is 0 Å². The average Bonchev–Trinajstić information content (AvgIpc) is 3.37. The number of fused-ring (bicyclic) bond motifs is 1. The quantitative estimate of drug-likeness (QED) is 0.235. The lowest BCUT2D eigenvalue weighted by atomic mass is 9.86. The van der Waals surface area contributed by atoms with Crippen LogP contribution >= 0.6 is 11.6 Å². The number of aromatic nitrogens is 2. The first-order valence-corrected chi connectivity index (χ1v) is 13.4. The van der Waals surface area contributed by atoms with Gasteiger partial charge < -0.3 is 20.0 Å². The van der Waals surface area contributed by atoms with Gasteiger partial charge in [-0.25, -0.2) is 4.98 Å². The summed E-state index contributed by atoms with van der Waals surface area (Å²) >= 11 is 6.15. The van der Waals surface area contributed by atoms with Gasteiger partial charge in [-0.2, -0.15) is 18.2 Å². The lowest BCUT2D eigenvalue weighted by Gasteiger charge is -2.29. The number of benzene rings is 2. The molecule has 2 N–H and O–H groups in total. The highest BCUT2D eigenvalue weighted by atomic mass is 35.5. The smallest absolute Gasteiger partial charge is 0.416 e. The number of nitrogens with one attached hydrogen (secondary N) is 2. The van der Waals surface area contributed by atoms with Crippen LogP contribution in [0.4, 0.5) is 24.9 Å². The van der Waals surface area contributed by atoms with Crippen molar-refractivity contribution in [3.05, 3.63) is 70.9 Å². The van der Waals surface area contributed by atoms with E-state index in [1.165, 1.54) is 6.07 Å². The number of para-hydroxylation sites is 1. The van der Waals surface area contributed by atoms with Crippen LogP contribution in [0.15, 0.2) is 59.0 Å². The molecule has 0 amide bonds. The second kappa shape index (κ2) is 11.4. The molecule has 1 saturated carbocycles.